The first-order chi connectivity index (χ1) is 9.95. The maximum atomic E-state index is 12.0. The van der Waals surface area contributed by atoms with E-state index in [1.165, 1.54) is 0 Å². The van der Waals surface area contributed by atoms with E-state index in [-0.39, 0.29) is 12.1 Å². The van der Waals surface area contributed by atoms with Crippen LogP contribution < -0.4 is 10.6 Å². The summed E-state index contributed by atoms with van der Waals surface area (Å²) in [6.45, 7) is 3.81. The van der Waals surface area contributed by atoms with E-state index in [1.54, 1.807) is 41.9 Å². The first kappa shape index (κ1) is 15.7. The fourth-order valence-corrected chi connectivity index (χ4v) is 3.04. The second-order valence-electron chi connectivity index (χ2n) is 4.59. The molecule has 2 amide bonds. The average molecular weight is 323 g/mol. The molecular weight excluding hydrogens is 306 g/mol. The van der Waals surface area contributed by atoms with Crippen LogP contribution in [0.4, 0.5) is 10.5 Å². The number of nitrogens with one attached hydrogen (secondary N) is 2. The molecule has 21 heavy (non-hydrogen) atoms. The Balaban J connectivity index is 1.98. The second-order valence-corrected chi connectivity index (χ2v) is 7.04. The summed E-state index contributed by atoms with van der Waals surface area (Å²) in [5.41, 5.74) is 1.46. The van der Waals surface area contributed by atoms with Crippen molar-refractivity contribution >= 4 is 33.9 Å². The zero-order valence-corrected chi connectivity index (χ0v) is 13.7. The standard InChI is InChI=1S/C14H17N3O2S2/c1-9(13-8-20-10(2)16-13)15-14(18)17-11-5-4-6-12(7-11)21(3)19/h4-9H,1-3H3,(H2,15,17,18)/t9-,21+/m1/s1. The molecule has 0 fully saturated rings. The van der Waals surface area contributed by atoms with Gasteiger partial charge >= 0.3 is 6.03 Å². The lowest BCUT2D eigenvalue weighted by Gasteiger charge is -2.13. The number of nitrogens with zero attached hydrogens (tertiary/aromatic N) is 1. The highest BCUT2D eigenvalue weighted by molar-refractivity contribution is 7.84. The lowest BCUT2D eigenvalue weighted by atomic mass is 10.2. The Labute approximate surface area is 130 Å². The number of anilines is 1. The number of hydrogen-bond acceptors (Lipinski definition) is 4. The number of aryl methyl sites for hydroxylation is 1. The van der Waals surface area contributed by atoms with Crippen LogP contribution in [-0.2, 0) is 10.8 Å². The molecule has 0 spiro atoms. The van der Waals surface area contributed by atoms with Crippen molar-refractivity contribution < 1.29 is 9.00 Å². The molecule has 0 aliphatic carbocycles. The van der Waals surface area contributed by atoms with Crippen LogP contribution in [0.15, 0.2) is 34.5 Å². The molecule has 2 N–H and O–H groups in total. The molecule has 2 aromatic rings. The summed E-state index contributed by atoms with van der Waals surface area (Å²) in [5.74, 6) is 0. The van der Waals surface area contributed by atoms with Crippen molar-refractivity contribution in [1.29, 1.82) is 0 Å². The summed E-state index contributed by atoms with van der Waals surface area (Å²) in [7, 11) is -1.07. The summed E-state index contributed by atoms with van der Waals surface area (Å²) >= 11 is 1.55. The highest BCUT2D eigenvalue weighted by Crippen LogP contribution is 2.16. The molecule has 112 valence electrons. The summed E-state index contributed by atoms with van der Waals surface area (Å²) in [4.78, 5) is 17.0. The van der Waals surface area contributed by atoms with E-state index < -0.39 is 10.8 Å². The monoisotopic (exact) mass is 323 g/mol. The zero-order valence-electron chi connectivity index (χ0n) is 12.0. The van der Waals surface area contributed by atoms with Gasteiger partial charge in [0.05, 0.1) is 16.7 Å². The van der Waals surface area contributed by atoms with Crippen molar-refractivity contribution in [2.75, 3.05) is 11.6 Å². The van der Waals surface area contributed by atoms with Crippen molar-refractivity contribution in [2.24, 2.45) is 0 Å². The van der Waals surface area contributed by atoms with Crippen LogP contribution in [0.2, 0.25) is 0 Å². The van der Waals surface area contributed by atoms with Gasteiger partial charge in [-0.3, -0.25) is 4.21 Å². The van der Waals surface area contributed by atoms with E-state index >= 15 is 0 Å². The Kier molecular flexibility index (Phi) is 5.08. The zero-order chi connectivity index (χ0) is 15.4. The molecule has 0 bridgehead atoms. The molecule has 1 aromatic carbocycles. The van der Waals surface area contributed by atoms with Gasteiger partial charge in [0.2, 0.25) is 0 Å². The van der Waals surface area contributed by atoms with Gasteiger partial charge < -0.3 is 10.6 Å². The molecule has 0 aliphatic rings. The molecule has 1 aromatic heterocycles. The average Bonchev–Trinajstić information content (AvgIpc) is 2.85. The van der Waals surface area contributed by atoms with E-state index in [9.17, 15) is 9.00 Å². The smallest absolute Gasteiger partial charge is 0.319 e. The predicted octanol–water partition coefficient (Wildman–Crippen LogP) is 3.07. The summed E-state index contributed by atoms with van der Waals surface area (Å²) in [5, 5.41) is 8.46. The Bertz CT molecular complexity index is 670. The van der Waals surface area contributed by atoms with E-state index in [4.69, 9.17) is 0 Å². The van der Waals surface area contributed by atoms with E-state index in [2.05, 4.69) is 15.6 Å². The maximum Gasteiger partial charge on any atom is 0.319 e. The molecule has 0 radical (unpaired) electrons. The number of carbonyl (C=O) groups is 1. The first-order valence-electron chi connectivity index (χ1n) is 6.38. The second kappa shape index (κ2) is 6.82. The van der Waals surface area contributed by atoms with Gasteiger partial charge in [-0.15, -0.1) is 11.3 Å². The number of rotatable bonds is 4. The minimum atomic E-state index is -1.07. The molecule has 5 nitrogen and oxygen atoms in total. The van der Waals surface area contributed by atoms with E-state index in [0.29, 0.717) is 10.6 Å². The Hall–Kier alpha value is -1.73. The third-order valence-corrected chi connectivity index (χ3v) is 4.56. The van der Waals surface area contributed by atoms with Crippen LogP contribution in [0, 0.1) is 6.92 Å². The quantitative estimate of drug-likeness (QED) is 0.908. The fourth-order valence-electron chi connectivity index (χ4n) is 1.77. The minimum Gasteiger partial charge on any atom is -0.330 e. The SMILES string of the molecule is Cc1nc([C@@H](C)NC(=O)Nc2cccc([S@](C)=O)c2)cs1. The van der Waals surface area contributed by atoms with Crippen LogP contribution in [0.25, 0.3) is 0 Å². The number of thiazole rings is 1. The molecule has 1 heterocycles. The van der Waals surface area contributed by atoms with Gasteiger partial charge in [0.1, 0.15) is 0 Å². The van der Waals surface area contributed by atoms with Gasteiger partial charge in [-0.1, -0.05) is 6.07 Å². The largest absolute Gasteiger partial charge is 0.330 e. The van der Waals surface area contributed by atoms with Crippen LogP contribution in [0.5, 0.6) is 0 Å². The molecule has 0 unspecified atom stereocenters. The van der Waals surface area contributed by atoms with E-state index in [1.807, 2.05) is 19.2 Å². The maximum absolute atomic E-state index is 12.0. The third-order valence-electron chi connectivity index (χ3n) is 2.85. The predicted molar refractivity (Wildman–Crippen MR) is 86.2 cm³/mol. The number of hydrogen-bond donors (Lipinski definition) is 2. The van der Waals surface area contributed by atoms with Crippen LogP contribution in [0.1, 0.15) is 23.7 Å². The number of aromatic nitrogens is 1. The number of amides is 2. The Morgan fingerprint density at radius 2 is 2.19 bits per heavy atom. The molecule has 2 atom stereocenters. The topological polar surface area (TPSA) is 71.1 Å². The lowest BCUT2D eigenvalue weighted by molar-refractivity contribution is 0.249. The van der Waals surface area contributed by atoms with Gasteiger partial charge in [0.25, 0.3) is 0 Å². The van der Waals surface area contributed by atoms with Gasteiger partial charge in [-0.25, -0.2) is 9.78 Å². The van der Waals surface area contributed by atoms with Gasteiger partial charge in [0.15, 0.2) is 0 Å². The molecule has 0 aliphatic heterocycles. The van der Waals surface area contributed by atoms with Crippen molar-refractivity contribution in [2.45, 2.75) is 24.8 Å². The summed E-state index contributed by atoms with van der Waals surface area (Å²) < 4.78 is 11.4. The van der Waals surface area contributed by atoms with Crippen LogP contribution in [0.3, 0.4) is 0 Å². The van der Waals surface area contributed by atoms with Crippen molar-refractivity contribution in [1.82, 2.24) is 10.3 Å². The molecule has 0 saturated heterocycles. The van der Waals surface area contributed by atoms with Crippen molar-refractivity contribution in [3.8, 4) is 0 Å². The third kappa shape index (κ3) is 4.37. The highest BCUT2D eigenvalue weighted by Gasteiger charge is 2.12. The highest BCUT2D eigenvalue weighted by atomic mass is 32.2. The number of benzene rings is 1. The number of carbonyl (C=O) groups excluding carboxylic acids is 1. The van der Waals surface area contributed by atoms with Gasteiger partial charge in [-0.05, 0) is 32.0 Å². The lowest BCUT2D eigenvalue weighted by Crippen LogP contribution is -2.31. The Morgan fingerprint density at radius 1 is 1.43 bits per heavy atom. The summed E-state index contributed by atoms with van der Waals surface area (Å²) in [6.07, 6.45) is 1.60. The normalized spacial score (nSPS) is 13.5. The van der Waals surface area contributed by atoms with Crippen molar-refractivity contribution in [3.63, 3.8) is 0 Å². The summed E-state index contributed by atoms with van der Waals surface area (Å²) in [6, 6.07) is 6.51. The Morgan fingerprint density at radius 3 is 2.81 bits per heavy atom. The number of urea groups is 1. The molecule has 2 rings (SSSR count). The fraction of sp³-hybridized carbons (Fsp3) is 0.286. The van der Waals surface area contributed by atoms with Crippen molar-refractivity contribution in [3.05, 3.63) is 40.3 Å². The first-order valence-corrected chi connectivity index (χ1v) is 8.82. The molecule has 0 saturated carbocycles. The molecular formula is C14H17N3O2S2. The van der Waals surface area contributed by atoms with Gasteiger partial charge in [-0.2, -0.15) is 0 Å². The van der Waals surface area contributed by atoms with Gasteiger partial charge in [0, 0.05) is 33.0 Å². The van der Waals surface area contributed by atoms with Crippen LogP contribution in [-0.4, -0.2) is 21.5 Å². The van der Waals surface area contributed by atoms with Crippen LogP contribution >= 0.6 is 11.3 Å². The minimum absolute atomic E-state index is 0.168. The van der Waals surface area contributed by atoms with E-state index in [0.717, 1.165) is 10.7 Å². The molecule has 7 heteroatoms.